The Hall–Kier alpha value is -1.86. The molecule has 1 aliphatic heterocycles. The number of aliphatic hydroxyl groups excluding tert-OH is 1. The summed E-state index contributed by atoms with van der Waals surface area (Å²) in [7, 11) is 0. The molecular weight excluding hydrogens is 248 g/mol. The van der Waals surface area contributed by atoms with E-state index in [0.29, 0.717) is 17.3 Å². The first-order valence-corrected chi connectivity index (χ1v) is 6.27. The second-order valence-corrected chi connectivity index (χ2v) is 4.69. The molecule has 19 heavy (non-hydrogen) atoms. The smallest absolute Gasteiger partial charge is 0.316 e. The molecule has 0 amide bonds. The van der Waals surface area contributed by atoms with Gasteiger partial charge in [-0.25, -0.2) is 0 Å². The molecule has 1 aromatic rings. The van der Waals surface area contributed by atoms with Crippen molar-refractivity contribution in [2.24, 2.45) is 11.8 Å². The number of hydrogen-bond donors (Lipinski definition) is 3. The zero-order valence-electron chi connectivity index (χ0n) is 10.6. The van der Waals surface area contributed by atoms with E-state index in [0.717, 1.165) is 25.9 Å². The average molecular weight is 266 g/mol. The Morgan fingerprint density at radius 3 is 3.00 bits per heavy atom. The Kier molecular flexibility index (Phi) is 4.18. The molecule has 1 saturated heterocycles. The van der Waals surface area contributed by atoms with Crippen LogP contribution in [0.1, 0.15) is 12.8 Å². The Balaban J connectivity index is 2.28. The Bertz CT molecular complexity index is 466. The van der Waals surface area contributed by atoms with E-state index < -0.39 is 4.92 Å². The highest BCUT2D eigenvalue weighted by atomic mass is 16.6. The normalized spacial score (nSPS) is 18.6. The predicted octanol–water partition coefficient (Wildman–Crippen LogP) is 1.09. The summed E-state index contributed by atoms with van der Waals surface area (Å²) in [5, 5.41) is 20.2. The fraction of sp³-hybridized carbons (Fsp3) is 0.500. The van der Waals surface area contributed by atoms with E-state index in [4.69, 9.17) is 10.9 Å². The molecule has 7 heteroatoms. The number of nitrogens with one attached hydrogen (secondary N) is 1. The van der Waals surface area contributed by atoms with E-state index in [-0.39, 0.29) is 12.3 Å². The van der Waals surface area contributed by atoms with Crippen molar-refractivity contribution in [2.45, 2.75) is 12.8 Å². The fourth-order valence-corrected chi connectivity index (χ4v) is 2.56. The van der Waals surface area contributed by atoms with Crippen LogP contribution in [0.25, 0.3) is 0 Å². The number of benzene rings is 1. The number of para-hydroxylation sites is 1. The molecule has 2 rings (SSSR count). The minimum absolute atomic E-state index is 0.00893. The molecule has 1 aromatic carbocycles. The lowest BCUT2D eigenvalue weighted by Gasteiger charge is -2.19. The molecule has 0 aliphatic carbocycles. The summed E-state index contributed by atoms with van der Waals surface area (Å²) in [6.07, 6.45) is 1.68. The molecular formula is C12H18N4O3. The van der Waals surface area contributed by atoms with Crippen LogP contribution in [-0.2, 0) is 0 Å². The van der Waals surface area contributed by atoms with Crippen LogP contribution in [0.15, 0.2) is 18.2 Å². The van der Waals surface area contributed by atoms with Gasteiger partial charge in [0.15, 0.2) is 0 Å². The van der Waals surface area contributed by atoms with Crippen molar-refractivity contribution in [3.05, 3.63) is 28.3 Å². The molecule has 1 atom stereocenters. The molecule has 0 bridgehead atoms. The summed E-state index contributed by atoms with van der Waals surface area (Å²) in [5.74, 6) is 5.71. The van der Waals surface area contributed by atoms with Crippen molar-refractivity contribution in [1.29, 1.82) is 0 Å². The Morgan fingerprint density at radius 1 is 1.58 bits per heavy atom. The van der Waals surface area contributed by atoms with Crippen molar-refractivity contribution in [1.82, 2.24) is 0 Å². The van der Waals surface area contributed by atoms with Gasteiger partial charge in [0.05, 0.1) is 4.92 Å². The van der Waals surface area contributed by atoms with Gasteiger partial charge in [-0.1, -0.05) is 6.07 Å². The van der Waals surface area contributed by atoms with Gasteiger partial charge >= 0.3 is 5.69 Å². The molecule has 7 nitrogen and oxygen atoms in total. The van der Waals surface area contributed by atoms with Crippen LogP contribution in [-0.4, -0.2) is 29.7 Å². The molecule has 0 radical (unpaired) electrons. The standard InChI is InChI=1S/C12H18N4O3/c13-14-10-2-1-3-11(12(10)16(18)19)15-6-4-9(8-15)5-7-17/h1-3,9,14,17H,4-8,13H2. The molecule has 0 saturated carbocycles. The summed E-state index contributed by atoms with van der Waals surface area (Å²) in [6, 6.07) is 5.07. The first kappa shape index (κ1) is 13.6. The lowest BCUT2D eigenvalue weighted by Crippen LogP contribution is -2.22. The maximum Gasteiger partial charge on any atom is 0.316 e. The van der Waals surface area contributed by atoms with Crippen LogP contribution in [0.4, 0.5) is 17.1 Å². The van der Waals surface area contributed by atoms with Crippen LogP contribution in [0, 0.1) is 16.0 Å². The predicted molar refractivity (Wildman–Crippen MR) is 72.9 cm³/mol. The number of aliphatic hydroxyl groups is 1. The fourth-order valence-electron chi connectivity index (χ4n) is 2.56. The molecule has 1 unspecified atom stereocenters. The van der Waals surface area contributed by atoms with E-state index >= 15 is 0 Å². The summed E-state index contributed by atoms with van der Waals surface area (Å²) in [5.41, 5.74) is 3.27. The number of nitrogens with zero attached hydrogens (tertiary/aromatic N) is 2. The van der Waals surface area contributed by atoms with Gasteiger partial charge in [-0.3, -0.25) is 16.0 Å². The molecule has 1 fully saturated rings. The topological polar surface area (TPSA) is 105 Å². The van der Waals surface area contributed by atoms with Crippen LogP contribution in [0.3, 0.4) is 0 Å². The highest BCUT2D eigenvalue weighted by molar-refractivity contribution is 5.76. The third-order valence-corrected chi connectivity index (χ3v) is 3.52. The zero-order chi connectivity index (χ0) is 13.8. The minimum atomic E-state index is -0.413. The summed E-state index contributed by atoms with van der Waals surface area (Å²) >= 11 is 0. The first-order valence-electron chi connectivity index (χ1n) is 6.27. The van der Waals surface area contributed by atoms with E-state index in [1.54, 1.807) is 18.2 Å². The third-order valence-electron chi connectivity index (χ3n) is 3.52. The Labute approximate surface area is 111 Å². The molecule has 4 N–H and O–H groups in total. The van der Waals surface area contributed by atoms with Gasteiger partial charge < -0.3 is 15.4 Å². The van der Waals surface area contributed by atoms with E-state index in [1.165, 1.54) is 0 Å². The van der Waals surface area contributed by atoms with Crippen LogP contribution in [0.5, 0.6) is 0 Å². The van der Waals surface area contributed by atoms with Gasteiger partial charge in [0.2, 0.25) is 0 Å². The number of hydrazine groups is 1. The maximum atomic E-state index is 11.2. The number of anilines is 2. The monoisotopic (exact) mass is 266 g/mol. The highest BCUT2D eigenvalue weighted by Crippen LogP contribution is 2.37. The van der Waals surface area contributed by atoms with E-state index in [9.17, 15) is 10.1 Å². The van der Waals surface area contributed by atoms with Gasteiger partial charge in [-0.15, -0.1) is 0 Å². The third kappa shape index (κ3) is 2.77. The summed E-state index contributed by atoms with van der Waals surface area (Å²) < 4.78 is 0. The summed E-state index contributed by atoms with van der Waals surface area (Å²) in [4.78, 5) is 12.8. The van der Waals surface area contributed by atoms with Crippen molar-refractivity contribution >= 4 is 17.1 Å². The number of rotatable bonds is 5. The average Bonchev–Trinajstić information content (AvgIpc) is 2.86. The molecule has 0 spiro atoms. The van der Waals surface area contributed by atoms with Crippen molar-refractivity contribution < 1.29 is 10.0 Å². The van der Waals surface area contributed by atoms with E-state index in [1.807, 2.05) is 4.90 Å². The SMILES string of the molecule is NNc1cccc(N2CCC(CCO)C2)c1[N+](=O)[O-]. The molecule has 104 valence electrons. The molecule has 0 aromatic heterocycles. The first-order chi connectivity index (χ1) is 9.17. The summed E-state index contributed by atoms with van der Waals surface area (Å²) in [6.45, 7) is 1.65. The second kappa shape index (κ2) is 5.85. The van der Waals surface area contributed by atoms with E-state index in [2.05, 4.69) is 5.43 Å². The number of nitro groups is 1. The lowest BCUT2D eigenvalue weighted by atomic mass is 10.1. The quantitative estimate of drug-likeness (QED) is 0.418. The van der Waals surface area contributed by atoms with Gasteiger partial charge in [0, 0.05) is 19.7 Å². The second-order valence-electron chi connectivity index (χ2n) is 4.69. The van der Waals surface area contributed by atoms with Gasteiger partial charge in [0.25, 0.3) is 0 Å². The molecule has 1 aliphatic rings. The van der Waals surface area contributed by atoms with Crippen molar-refractivity contribution in [2.75, 3.05) is 30.0 Å². The molecule has 1 heterocycles. The Morgan fingerprint density at radius 2 is 2.37 bits per heavy atom. The lowest BCUT2D eigenvalue weighted by molar-refractivity contribution is -0.383. The number of hydrogen-bond acceptors (Lipinski definition) is 6. The zero-order valence-corrected chi connectivity index (χ0v) is 10.6. The van der Waals surface area contributed by atoms with Gasteiger partial charge in [0.1, 0.15) is 11.4 Å². The van der Waals surface area contributed by atoms with Gasteiger partial charge in [-0.2, -0.15) is 0 Å². The highest BCUT2D eigenvalue weighted by Gasteiger charge is 2.29. The maximum absolute atomic E-state index is 11.2. The number of nitrogen functional groups attached to an aromatic ring is 1. The minimum Gasteiger partial charge on any atom is -0.396 e. The van der Waals surface area contributed by atoms with Gasteiger partial charge in [-0.05, 0) is 30.9 Å². The van der Waals surface area contributed by atoms with Crippen LogP contribution in [0.2, 0.25) is 0 Å². The van der Waals surface area contributed by atoms with Crippen LogP contribution >= 0.6 is 0 Å². The van der Waals surface area contributed by atoms with Crippen molar-refractivity contribution in [3.63, 3.8) is 0 Å². The number of nitrogens with two attached hydrogens (primary N) is 1. The van der Waals surface area contributed by atoms with Crippen LogP contribution < -0.4 is 16.2 Å². The largest absolute Gasteiger partial charge is 0.396 e. The number of nitro benzene ring substituents is 1. The van der Waals surface area contributed by atoms with Crippen molar-refractivity contribution in [3.8, 4) is 0 Å².